The second kappa shape index (κ2) is 4.55. The van der Waals surface area contributed by atoms with Crippen LogP contribution in [0.4, 0.5) is 5.69 Å². The standard InChI is InChI=1S/C13H12N2O3S/c1-7-8(2)19-13(14-7)12(16)15-9-3-4-10-11(5-9)18-6-17-10/h3-5H,6H2,1-2H3,(H,15,16). The van der Waals surface area contributed by atoms with E-state index in [1.54, 1.807) is 18.2 Å². The number of aromatic nitrogens is 1. The number of nitrogens with one attached hydrogen (secondary N) is 1. The van der Waals surface area contributed by atoms with Crippen LogP contribution >= 0.6 is 11.3 Å². The predicted molar refractivity (Wildman–Crippen MR) is 72.1 cm³/mol. The number of carbonyl (C=O) groups is 1. The van der Waals surface area contributed by atoms with Crippen molar-refractivity contribution in [2.75, 3.05) is 12.1 Å². The van der Waals surface area contributed by atoms with E-state index in [0.717, 1.165) is 10.6 Å². The normalized spacial score (nSPS) is 12.5. The Bertz CT molecular complexity index is 632. The van der Waals surface area contributed by atoms with Gasteiger partial charge in [0.05, 0.1) is 5.69 Å². The maximum atomic E-state index is 12.0. The molecule has 19 heavy (non-hydrogen) atoms. The minimum absolute atomic E-state index is 0.208. The lowest BCUT2D eigenvalue weighted by Gasteiger charge is -2.03. The summed E-state index contributed by atoms with van der Waals surface area (Å²) in [6.45, 7) is 4.06. The molecule has 0 atom stereocenters. The summed E-state index contributed by atoms with van der Waals surface area (Å²) in [5.41, 5.74) is 1.56. The summed E-state index contributed by atoms with van der Waals surface area (Å²) in [7, 11) is 0. The van der Waals surface area contributed by atoms with Gasteiger partial charge in [0, 0.05) is 16.6 Å². The summed E-state index contributed by atoms with van der Waals surface area (Å²) in [5.74, 6) is 1.13. The molecular weight excluding hydrogens is 264 g/mol. The highest BCUT2D eigenvalue weighted by molar-refractivity contribution is 7.13. The van der Waals surface area contributed by atoms with E-state index in [0.29, 0.717) is 22.2 Å². The van der Waals surface area contributed by atoms with Crippen molar-refractivity contribution in [3.63, 3.8) is 0 Å². The van der Waals surface area contributed by atoms with Crippen LogP contribution in [0.1, 0.15) is 20.4 Å². The molecule has 0 unspecified atom stereocenters. The van der Waals surface area contributed by atoms with E-state index >= 15 is 0 Å². The lowest BCUT2D eigenvalue weighted by atomic mass is 10.3. The molecule has 3 rings (SSSR count). The number of amides is 1. The highest BCUT2D eigenvalue weighted by atomic mass is 32.1. The van der Waals surface area contributed by atoms with Gasteiger partial charge in [0.2, 0.25) is 6.79 Å². The van der Waals surface area contributed by atoms with Crippen molar-refractivity contribution >= 4 is 22.9 Å². The fourth-order valence-corrected chi connectivity index (χ4v) is 2.54. The van der Waals surface area contributed by atoms with Crippen LogP contribution in [0.5, 0.6) is 11.5 Å². The minimum Gasteiger partial charge on any atom is -0.454 e. The van der Waals surface area contributed by atoms with Gasteiger partial charge in [-0.2, -0.15) is 0 Å². The van der Waals surface area contributed by atoms with E-state index in [9.17, 15) is 4.79 Å². The van der Waals surface area contributed by atoms with Crippen molar-refractivity contribution in [3.8, 4) is 11.5 Å². The zero-order valence-electron chi connectivity index (χ0n) is 10.5. The van der Waals surface area contributed by atoms with Crippen molar-refractivity contribution < 1.29 is 14.3 Å². The molecule has 0 saturated heterocycles. The van der Waals surface area contributed by atoms with Crippen molar-refractivity contribution in [1.29, 1.82) is 0 Å². The van der Waals surface area contributed by atoms with Gasteiger partial charge in [-0.25, -0.2) is 4.98 Å². The maximum Gasteiger partial charge on any atom is 0.284 e. The molecule has 5 nitrogen and oxygen atoms in total. The number of hydrogen-bond donors (Lipinski definition) is 1. The number of rotatable bonds is 2. The lowest BCUT2D eigenvalue weighted by molar-refractivity contribution is 0.102. The molecule has 6 heteroatoms. The highest BCUT2D eigenvalue weighted by Gasteiger charge is 2.16. The molecule has 2 heterocycles. The fourth-order valence-electron chi connectivity index (χ4n) is 1.73. The molecule has 98 valence electrons. The smallest absolute Gasteiger partial charge is 0.284 e. The van der Waals surface area contributed by atoms with Crippen LogP contribution < -0.4 is 14.8 Å². The van der Waals surface area contributed by atoms with Gasteiger partial charge in [0.15, 0.2) is 16.5 Å². The van der Waals surface area contributed by atoms with Gasteiger partial charge in [0.1, 0.15) is 0 Å². The molecule has 1 amide bonds. The Balaban J connectivity index is 1.79. The molecule has 1 aromatic carbocycles. The van der Waals surface area contributed by atoms with Crippen LogP contribution in [0.2, 0.25) is 0 Å². The predicted octanol–water partition coefficient (Wildman–Crippen LogP) is 2.74. The number of benzene rings is 1. The number of ether oxygens (including phenoxy) is 2. The monoisotopic (exact) mass is 276 g/mol. The summed E-state index contributed by atoms with van der Waals surface area (Å²) < 4.78 is 10.5. The SMILES string of the molecule is Cc1nc(C(=O)Nc2ccc3c(c2)OCO3)sc1C. The number of hydrogen-bond acceptors (Lipinski definition) is 5. The fraction of sp³-hybridized carbons (Fsp3) is 0.231. The Morgan fingerprint density at radius 2 is 2.11 bits per heavy atom. The first-order valence-corrected chi connectivity index (χ1v) is 6.60. The van der Waals surface area contributed by atoms with Crippen molar-refractivity contribution in [2.24, 2.45) is 0 Å². The first-order valence-electron chi connectivity index (χ1n) is 5.78. The van der Waals surface area contributed by atoms with E-state index in [1.807, 2.05) is 13.8 Å². The van der Waals surface area contributed by atoms with Gasteiger partial charge < -0.3 is 14.8 Å². The molecule has 0 aliphatic carbocycles. The van der Waals surface area contributed by atoms with Crippen LogP contribution in [0.15, 0.2) is 18.2 Å². The summed E-state index contributed by atoms with van der Waals surface area (Å²) >= 11 is 1.39. The third kappa shape index (κ3) is 2.26. The number of aryl methyl sites for hydroxylation is 2. The van der Waals surface area contributed by atoms with E-state index in [-0.39, 0.29) is 12.7 Å². The van der Waals surface area contributed by atoms with Crippen LogP contribution in [-0.2, 0) is 0 Å². The molecule has 0 radical (unpaired) electrons. The van der Waals surface area contributed by atoms with Gasteiger partial charge in [-0.1, -0.05) is 0 Å². The minimum atomic E-state index is -0.208. The molecule has 1 aromatic heterocycles. The number of thiazole rings is 1. The van der Waals surface area contributed by atoms with Gasteiger partial charge in [-0.15, -0.1) is 11.3 Å². The molecular formula is C13H12N2O3S. The Morgan fingerprint density at radius 1 is 1.32 bits per heavy atom. The maximum absolute atomic E-state index is 12.0. The molecule has 0 spiro atoms. The molecule has 1 aliphatic rings. The number of carbonyl (C=O) groups excluding carboxylic acids is 1. The van der Waals surface area contributed by atoms with E-state index in [2.05, 4.69) is 10.3 Å². The Kier molecular flexibility index (Phi) is 2.87. The van der Waals surface area contributed by atoms with Crippen molar-refractivity contribution in [1.82, 2.24) is 4.98 Å². The average molecular weight is 276 g/mol. The first kappa shape index (κ1) is 12.0. The lowest BCUT2D eigenvalue weighted by Crippen LogP contribution is -2.11. The van der Waals surface area contributed by atoms with Crippen LogP contribution in [0.3, 0.4) is 0 Å². The summed E-state index contributed by atoms with van der Waals surface area (Å²) in [4.78, 5) is 17.3. The van der Waals surface area contributed by atoms with Crippen LogP contribution in [-0.4, -0.2) is 17.7 Å². The van der Waals surface area contributed by atoms with Crippen molar-refractivity contribution in [2.45, 2.75) is 13.8 Å². The molecule has 1 aliphatic heterocycles. The highest BCUT2D eigenvalue weighted by Crippen LogP contribution is 2.34. The topological polar surface area (TPSA) is 60.5 Å². The van der Waals surface area contributed by atoms with Crippen molar-refractivity contribution in [3.05, 3.63) is 33.8 Å². The number of anilines is 1. The summed E-state index contributed by atoms with van der Waals surface area (Å²) in [5, 5.41) is 3.27. The second-order valence-corrected chi connectivity index (χ2v) is 5.39. The van der Waals surface area contributed by atoms with E-state index in [1.165, 1.54) is 11.3 Å². The van der Waals surface area contributed by atoms with Crippen LogP contribution in [0, 0.1) is 13.8 Å². The Labute approximate surface area is 114 Å². The molecule has 0 bridgehead atoms. The van der Waals surface area contributed by atoms with Gasteiger partial charge in [-0.3, -0.25) is 4.79 Å². The number of fused-ring (bicyclic) bond motifs is 1. The quantitative estimate of drug-likeness (QED) is 0.916. The summed E-state index contributed by atoms with van der Waals surface area (Å²) in [6.07, 6.45) is 0. The third-order valence-corrected chi connectivity index (χ3v) is 3.92. The molecule has 1 N–H and O–H groups in total. The van der Waals surface area contributed by atoms with Gasteiger partial charge in [-0.05, 0) is 26.0 Å². The Morgan fingerprint density at radius 3 is 2.84 bits per heavy atom. The third-order valence-electron chi connectivity index (χ3n) is 2.85. The largest absolute Gasteiger partial charge is 0.454 e. The van der Waals surface area contributed by atoms with Gasteiger partial charge in [0.25, 0.3) is 5.91 Å². The number of nitrogens with zero attached hydrogens (tertiary/aromatic N) is 1. The molecule has 0 fully saturated rings. The zero-order chi connectivity index (χ0) is 13.4. The first-order chi connectivity index (χ1) is 9.13. The molecule has 2 aromatic rings. The average Bonchev–Trinajstić information content (AvgIpc) is 2.96. The molecule has 0 saturated carbocycles. The van der Waals surface area contributed by atoms with E-state index in [4.69, 9.17) is 9.47 Å². The Hall–Kier alpha value is -2.08. The van der Waals surface area contributed by atoms with Gasteiger partial charge >= 0.3 is 0 Å². The second-order valence-electron chi connectivity index (χ2n) is 4.18. The van der Waals surface area contributed by atoms with E-state index < -0.39 is 0 Å². The van der Waals surface area contributed by atoms with Crippen LogP contribution in [0.25, 0.3) is 0 Å². The zero-order valence-corrected chi connectivity index (χ0v) is 11.3. The summed E-state index contributed by atoms with van der Waals surface area (Å²) in [6, 6.07) is 5.29.